The van der Waals surface area contributed by atoms with Crippen molar-refractivity contribution in [2.45, 2.75) is 13.3 Å². The molecule has 0 atom stereocenters. The summed E-state index contributed by atoms with van der Waals surface area (Å²) in [7, 11) is 0. The van der Waals surface area contributed by atoms with Crippen LogP contribution in [-0.2, 0) is 6.42 Å². The molecular formula is C13H9F3N. The molecule has 0 spiro atoms. The molecule has 87 valence electrons. The summed E-state index contributed by atoms with van der Waals surface area (Å²) in [6, 6.07) is 5.86. The van der Waals surface area contributed by atoms with Crippen molar-refractivity contribution in [2.24, 2.45) is 0 Å². The van der Waals surface area contributed by atoms with Gasteiger partial charge in [0.25, 0.3) is 0 Å². The fourth-order valence-corrected chi connectivity index (χ4v) is 1.62. The maximum absolute atomic E-state index is 13.5. The Kier molecular flexibility index (Phi) is 3.13. The van der Waals surface area contributed by atoms with Crippen LogP contribution < -0.4 is 0 Å². The van der Waals surface area contributed by atoms with Crippen LogP contribution in [0.15, 0.2) is 24.4 Å². The van der Waals surface area contributed by atoms with Gasteiger partial charge in [0.05, 0.1) is 6.20 Å². The average Bonchev–Trinajstić information content (AvgIpc) is 2.30. The van der Waals surface area contributed by atoms with E-state index in [1.165, 1.54) is 12.1 Å². The van der Waals surface area contributed by atoms with Crippen molar-refractivity contribution in [1.29, 1.82) is 0 Å². The maximum atomic E-state index is 13.5. The van der Waals surface area contributed by atoms with Crippen molar-refractivity contribution in [3.05, 3.63) is 53.5 Å². The SMILES string of the molecule is CCc1[c]c(F)ccc1-c1ncc(F)cc1F. The molecule has 0 saturated heterocycles. The predicted molar refractivity (Wildman–Crippen MR) is 57.8 cm³/mol. The lowest BCUT2D eigenvalue weighted by molar-refractivity contribution is 0.575. The monoisotopic (exact) mass is 236 g/mol. The van der Waals surface area contributed by atoms with E-state index in [9.17, 15) is 13.2 Å². The zero-order chi connectivity index (χ0) is 12.4. The van der Waals surface area contributed by atoms with Crippen LogP contribution in [0, 0.1) is 23.5 Å². The van der Waals surface area contributed by atoms with Crippen LogP contribution >= 0.6 is 0 Å². The molecular weight excluding hydrogens is 227 g/mol. The molecule has 17 heavy (non-hydrogen) atoms. The Bertz CT molecular complexity index is 552. The van der Waals surface area contributed by atoms with Gasteiger partial charge in [0.2, 0.25) is 0 Å². The molecule has 1 nitrogen and oxygen atoms in total. The van der Waals surface area contributed by atoms with Crippen LogP contribution in [0.1, 0.15) is 12.5 Å². The first kappa shape index (κ1) is 11.6. The Balaban J connectivity index is 2.60. The molecule has 0 amide bonds. The summed E-state index contributed by atoms with van der Waals surface area (Å²) in [5, 5.41) is 0. The Labute approximate surface area is 96.9 Å². The summed E-state index contributed by atoms with van der Waals surface area (Å²) in [4.78, 5) is 3.69. The molecule has 0 aliphatic heterocycles. The number of hydrogen-bond donors (Lipinski definition) is 0. The highest BCUT2D eigenvalue weighted by molar-refractivity contribution is 5.63. The Hall–Kier alpha value is -1.84. The molecule has 4 heteroatoms. The standard InChI is InChI=1S/C13H9F3N/c1-2-8-5-9(14)3-4-11(8)13-12(16)6-10(15)7-17-13/h3-4,6-7H,2H2,1H3. The van der Waals surface area contributed by atoms with Gasteiger partial charge in [0.1, 0.15) is 17.3 Å². The van der Waals surface area contributed by atoms with Gasteiger partial charge in [-0.1, -0.05) is 6.92 Å². The molecule has 0 aliphatic carbocycles. The molecule has 0 fully saturated rings. The third-order valence-electron chi connectivity index (χ3n) is 2.41. The first-order valence-electron chi connectivity index (χ1n) is 5.14. The number of hydrogen-bond acceptors (Lipinski definition) is 1. The van der Waals surface area contributed by atoms with Gasteiger partial charge >= 0.3 is 0 Å². The number of benzene rings is 1. The summed E-state index contributed by atoms with van der Waals surface area (Å²) in [5.41, 5.74) is 0.967. The van der Waals surface area contributed by atoms with Crippen LogP contribution in [-0.4, -0.2) is 4.98 Å². The molecule has 0 unspecified atom stereocenters. The van der Waals surface area contributed by atoms with E-state index in [0.29, 0.717) is 17.5 Å². The summed E-state index contributed by atoms with van der Waals surface area (Å²) < 4.78 is 39.3. The molecule has 2 rings (SSSR count). The first-order valence-corrected chi connectivity index (χ1v) is 5.14. The summed E-state index contributed by atoms with van der Waals surface area (Å²) in [6.45, 7) is 1.80. The number of aromatic nitrogens is 1. The minimum absolute atomic E-state index is 0.0134. The van der Waals surface area contributed by atoms with E-state index in [1.54, 1.807) is 6.92 Å². The molecule has 0 bridgehead atoms. The third kappa shape index (κ3) is 2.30. The van der Waals surface area contributed by atoms with Crippen molar-refractivity contribution in [1.82, 2.24) is 4.98 Å². The van der Waals surface area contributed by atoms with Crippen molar-refractivity contribution >= 4 is 0 Å². The van der Waals surface area contributed by atoms with Crippen molar-refractivity contribution in [3.8, 4) is 11.3 Å². The summed E-state index contributed by atoms with van der Waals surface area (Å²) in [5.74, 6) is -2.01. The highest BCUT2D eigenvalue weighted by atomic mass is 19.1. The van der Waals surface area contributed by atoms with Gasteiger partial charge in [0, 0.05) is 17.7 Å². The lowest BCUT2D eigenvalue weighted by atomic mass is 10.0. The van der Waals surface area contributed by atoms with E-state index in [-0.39, 0.29) is 5.69 Å². The Morgan fingerprint density at radius 3 is 2.65 bits per heavy atom. The second-order valence-electron chi connectivity index (χ2n) is 3.54. The third-order valence-corrected chi connectivity index (χ3v) is 2.41. The van der Waals surface area contributed by atoms with Crippen molar-refractivity contribution in [2.75, 3.05) is 0 Å². The lowest BCUT2D eigenvalue weighted by Crippen LogP contribution is -1.96. The van der Waals surface area contributed by atoms with Gasteiger partial charge in [-0.2, -0.15) is 0 Å². The lowest BCUT2D eigenvalue weighted by Gasteiger charge is -2.07. The first-order chi connectivity index (χ1) is 8.11. The van der Waals surface area contributed by atoms with Crippen molar-refractivity contribution < 1.29 is 13.2 Å². The fourth-order valence-electron chi connectivity index (χ4n) is 1.62. The molecule has 2 aromatic rings. The van der Waals surface area contributed by atoms with Gasteiger partial charge in [0.15, 0.2) is 5.82 Å². The number of rotatable bonds is 2. The van der Waals surface area contributed by atoms with E-state index in [0.717, 1.165) is 12.3 Å². The number of halogens is 3. The normalized spacial score (nSPS) is 10.6. The van der Waals surface area contributed by atoms with Crippen molar-refractivity contribution in [3.63, 3.8) is 0 Å². The zero-order valence-corrected chi connectivity index (χ0v) is 9.10. The second-order valence-corrected chi connectivity index (χ2v) is 3.54. The van der Waals surface area contributed by atoms with Gasteiger partial charge in [-0.15, -0.1) is 0 Å². The summed E-state index contributed by atoms with van der Waals surface area (Å²) in [6.07, 6.45) is 1.42. The van der Waals surface area contributed by atoms with E-state index < -0.39 is 17.5 Å². The topological polar surface area (TPSA) is 12.9 Å². The van der Waals surface area contributed by atoms with Gasteiger partial charge in [-0.05, 0) is 24.1 Å². The second kappa shape index (κ2) is 4.57. The zero-order valence-electron chi connectivity index (χ0n) is 9.10. The van der Waals surface area contributed by atoms with Crippen LogP contribution in [0.2, 0.25) is 0 Å². The molecule has 1 aromatic carbocycles. The highest BCUT2D eigenvalue weighted by Crippen LogP contribution is 2.25. The fraction of sp³-hybridized carbons (Fsp3) is 0.154. The van der Waals surface area contributed by atoms with Gasteiger partial charge in [-0.25, -0.2) is 13.2 Å². The van der Waals surface area contributed by atoms with Crippen LogP contribution in [0.25, 0.3) is 11.3 Å². The molecule has 1 radical (unpaired) electrons. The molecule has 0 N–H and O–H groups in total. The van der Waals surface area contributed by atoms with E-state index in [1.807, 2.05) is 0 Å². The number of nitrogens with zero attached hydrogens (tertiary/aromatic N) is 1. The largest absolute Gasteiger partial charge is 0.250 e. The Morgan fingerprint density at radius 2 is 2.00 bits per heavy atom. The maximum Gasteiger partial charge on any atom is 0.152 e. The van der Waals surface area contributed by atoms with E-state index >= 15 is 0 Å². The van der Waals surface area contributed by atoms with Crippen LogP contribution in [0.3, 0.4) is 0 Å². The van der Waals surface area contributed by atoms with Gasteiger partial charge in [-0.3, -0.25) is 4.98 Å². The van der Waals surface area contributed by atoms with Gasteiger partial charge < -0.3 is 0 Å². The number of pyridine rings is 1. The minimum atomic E-state index is -0.764. The Morgan fingerprint density at radius 1 is 1.24 bits per heavy atom. The average molecular weight is 236 g/mol. The molecule has 0 aliphatic rings. The smallest absolute Gasteiger partial charge is 0.152 e. The highest BCUT2D eigenvalue weighted by Gasteiger charge is 2.12. The minimum Gasteiger partial charge on any atom is -0.250 e. The molecule has 1 heterocycles. The molecule has 1 aromatic heterocycles. The van der Waals surface area contributed by atoms with Crippen LogP contribution in [0.5, 0.6) is 0 Å². The number of aryl methyl sites for hydroxylation is 1. The molecule has 0 saturated carbocycles. The summed E-state index contributed by atoms with van der Waals surface area (Å²) >= 11 is 0. The quantitative estimate of drug-likeness (QED) is 0.777. The van der Waals surface area contributed by atoms with E-state index in [4.69, 9.17) is 0 Å². The predicted octanol–water partition coefficient (Wildman–Crippen LogP) is 3.53. The van der Waals surface area contributed by atoms with E-state index in [2.05, 4.69) is 11.1 Å². The van der Waals surface area contributed by atoms with Crippen LogP contribution in [0.4, 0.5) is 13.2 Å².